The minimum atomic E-state index is 0. The van der Waals surface area contributed by atoms with Crippen molar-refractivity contribution >= 4 is 28.3 Å². The number of nitrogens with zero attached hydrogens (tertiary/aromatic N) is 1. The average Bonchev–Trinajstić information content (AvgIpc) is 2.29. The summed E-state index contributed by atoms with van der Waals surface area (Å²) >= 11 is 3.52. The molecular formula is C13H20BrClN2. The van der Waals surface area contributed by atoms with Crippen molar-refractivity contribution in [2.24, 2.45) is 0 Å². The fourth-order valence-electron chi connectivity index (χ4n) is 2.33. The lowest BCUT2D eigenvalue weighted by atomic mass is 10.1. The Balaban J connectivity index is 0.00000144. The number of benzene rings is 1. The van der Waals surface area contributed by atoms with Crippen molar-refractivity contribution in [3.05, 3.63) is 34.3 Å². The fraction of sp³-hybridized carbons (Fsp3) is 0.538. The van der Waals surface area contributed by atoms with E-state index in [9.17, 15) is 0 Å². The summed E-state index contributed by atoms with van der Waals surface area (Å²) in [6.45, 7) is 3.46. The van der Waals surface area contributed by atoms with E-state index in [0.29, 0.717) is 6.04 Å². The van der Waals surface area contributed by atoms with Crippen molar-refractivity contribution in [2.75, 3.05) is 20.1 Å². The van der Waals surface area contributed by atoms with Gasteiger partial charge in [-0.15, -0.1) is 12.4 Å². The monoisotopic (exact) mass is 318 g/mol. The lowest BCUT2D eigenvalue weighted by Crippen LogP contribution is -2.43. The normalized spacial score (nSPS) is 20.9. The molecule has 0 aromatic heterocycles. The van der Waals surface area contributed by atoms with Crippen LogP contribution < -0.4 is 5.32 Å². The van der Waals surface area contributed by atoms with Crippen LogP contribution in [0.3, 0.4) is 0 Å². The van der Waals surface area contributed by atoms with Gasteiger partial charge >= 0.3 is 0 Å². The van der Waals surface area contributed by atoms with Crippen LogP contribution in [0.5, 0.6) is 0 Å². The Hall–Kier alpha value is -0.0900. The second-order valence-corrected chi connectivity index (χ2v) is 5.41. The van der Waals surface area contributed by atoms with Gasteiger partial charge in [0.2, 0.25) is 0 Å². The Morgan fingerprint density at radius 2 is 2.29 bits per heavy atom. The molecule has 0 radical (unpaired) electrons. The van der Waals surface area contributed by atoms with E-state index in [1.807, 2.05) is 0 Å². The zero-order chi connectivity index (χ0) is 11.4. The summed E-state index contributed by atoms with van der Waals surface area (Å²) in [6, 6.07) is 9.27. The maximum absolute atomic E-state index is 3.52. The van der Waals surface area contributed by atoms with Gasteiger partial charge in [0.25, 0.3) is 0 Å². The third kappa shape index (κ3) is 4.59. The van der Waals surface area contributed by atoms with Crippen LogP contribution in [0.4, 0.5) is 0 Å². The molecule has 1 unspecified atom stereocenters. The molecular weight excluding hydrogens is 300 g/mol. The van der Waals surface area contributed by atoms with Crippen molar-refractivity contribution in [1.29, 1.82) is 0 Å². The molecule has 1 aliphatic heterocycles. The second kappa shape index (κ2) is 7.37. The number of nitrogens with one attached hydrogen (secondary N) is 1. The van der Waals surface area contributed by atoms with Gasteiger partial charge in [-0.2, -0.15) is 0 Å². The maximum Gasteiger partial charge on any atom is 0.0234 e. The third-order valence-corrected chi connectivity index (χ3v) is 3.70. The molecule has 1 heterocycles. The van der Waals surface area contributed by atoms with Gasteiger partial charge in [0, 0.05) is 23.6 Å². The number of halogens is 2. The molecule has 0 saturated carbocycles. The molecule has 1 fully saturated rings. The summed E-state index contributed by atoms with van der Waals surface area (Å²) in [4.78, 5) is 2.53. The minimum absolute atomic E-state index is 0. The first-order chi connectivity index (χ1) is 7.78. The molecule has 4 heteroatoms. The summed E-state index contributed by atoms with van der Waals surface area (Å²) in [7, 11) is 2.06. The fourth-order valence-corrected chi connectivity index (χ4v) is 2.77. The van der Waals surface area contributed by atoms with E-state index >= 15 is 0 Å². The molecule has 1 aromatic carbocycles. The molecule has 1 atom stereocenters. The highest BCUT2D eigenvalue weighted by atomic mass is 79.9. The van der Waals surface area contributed by atoms with Crippen molar-refractivity contribution in [2.45, 2.75) is 25.4 Å². The van der Waals surface area contributed by atoms with Crippen LogP contribution in [0.1, 0.15) is 18.4 Å². The molecule has 17 heavy (non-hydrogen) atoms. The van der Waals surface area contributed by atoms with Crippen molar-refractivity contribution in [3.63, 3.8) is 0 Å². The van der Waals surface area contributed by atoms with E-state index in [0.717, 1.165) is 6.54 Å². The molecule has 1 N–H and O–H groups in total. The first-order valence-corrected chi connectivity index (χ1v) is 6.71. The van der Waals surface area contributed by atoms with Gasteiger partial charge in [-0.3, -0.25) is 4.90 Å². The molecule has 0 bridgehead atoms. The van der Waals surface area contributed by atoms with Crippen molar-refractivity contribution in [3.8, 4) is 0 Å². The Kier molecular flexibility index (Phi) is 6.49. The van der Waals surface area contributed by atoms with Crippen LogP contribution in [-0.2, 0) is 6.54 Å². The highest BCUT2D eigenvalue weighted by Gasteiger charge is 2.18. The summed E-state index contributed by atoms with van der Waals surface area (Å²) in [5.41, 5.74) is 1.39. The highest BCUT2D eigenvalue weighted by Crippen LogP contribution is 2.16. The highest BCUT2D eigenvalue weighted by molar-refractivity contribution is 9.10. The van der Waals surface area contributed by atoms with E-state index in [1.54, 1.807) is 0 Å². The first-order valence-electron chi connectivity index (χ1n) is 5.92. The predicted octanol–water partition coefficient (Wildman–Crippen LogP) is 3.05. The quantitative estimate of drug-likeness (QED) is 0.921. The van der Waals surface area contributed by atoms with Crippen molar-refractivity contribution < 1.29 is 0 Å². The van der Waals surface area contributed by atoms with E-state index in [4.69, 9.17) is 0 Å². The summed E-state index contributed by atoms with van der Waals surface area (Å²) in [5, 5.41) is 3.38. The number of likely N-dealkylation sites (tertiary alicyclic amines) is 1. The summed E-state index contributed by atoms with van der Waals surface area (Å²) in [5.74, 6) is 0. The summed E-state index contributed by atoms with van der Waals surface area (Å²) < 4.78 is 1.17. The Labute approximate surface area is 118 Å². The third-order valence-electron chi connectivity index (χ3n) is 3.21. The number of rotatable bonds is 3. The molecule has 2 rings (SSSR count). The minimum Gasteiger partial charge on any atom is -0.316 e. The standard InChI is InChI=1S/C13H19BrN2.ClH/c1-15-13-6-3-7-16(10-13)9-11-4-2-5-12(14)8-11;/h2,4-5,8,13,15H,3,6-7,9-10H2,1H3;1H. The van der Waals surface area contributed by atoms with Crippen LogP contribution in [0, 0.1) is 0 Å². The molecule has 0 amide bonds. The van der Waals surface area contributed by atoms with Gasteiger partial charge in [0.05, 0.1) is 0 Å². The molecule has 1 aromatic rings. The predicted molar refractivity (Wildman–Crippen MR) is 78.7 cm³/mol. The molecule has 0 aliphatic carbocycles. The van der Waals surface area contributed by atoms with Gasteiger partial charge in [0.1, 0.15) is 0 Å². The molecule has 1 aliphatic rings. The largest absolute Gasteiger partial charge is 0.316 e. The van der Waals surface area contributed by atoms with Crippen LogP contribution in [0.25, 0.3) is 0 Å². The summed E-state index contributed by atoms with van der Waals surface area (Å²) in [6.07, 6.45) is 2.62. The smallest absolute Gasteiger partial charge is 0.0234 e. The zero-order valence-corrected chi connectivity index (χ0v) is 12.6. The van der Waals surface area contributed by atoms with E-state index < -0.39 is 0 Å². The Morgan fingerprint density at radius 1 is 1.47 bits per heavy atom. The number of likely N-dealkylation sites (N-methyl/N-ethyl adjacent to an activating group) is 1. The van der Waals surface area contributed by atoms with E-state index in [1.165, 1.54) is 36.0 Å². The van der Waals surface area contributed by atoms with Gasteiger partial charge in [-0.1, -0.05) is 28.1 Å². The molecule has 1 saturated heterocycles. The molecule has 2 nitrogen and oxygen atoms in total. The van der Waals surface area contributed by atoms with Crippen LogP contribution >= 0.6 is 28.3 Å². The van der Waals surface area contributed by atoms with Crippen molar-refractivity contribution in [1.82, 2.24) is 10.2 Å². The van der Waals surface area contributed by atoms with E-state index in [-0.39, 0.29) is 12.4 Å². The van der Waals surface area contributed by atoms with Gasteiger partial charge in [-0.05, 0) is 44.1 Å². The van der Waals surface area contributed by atoms with Gasteiger partial charge in [0.15, 0.2) is 0 Å². The first kappa shape index (κ1) is 15.0. The lowest BCUT2D eigenvalue weighted by molar-refractivity contribution is 0.188. The topological polar surface area (TPSA) is 15.3 Å². The van der Waals surface area contributed by atoms with E-state index in [2.05, 4.69) is 57.5 Å². The SMILES string of the molecule is CNC1CCCN(Cc2cccc(Br)c2)C1.Cl. The number of hydrogen-bond donors (Lipinski definition) is 1. The van der Waals surface area contributed by atoms with Gasteiger partial charge < -0.3 is 5.32 Å². The average molecular weight is 320 g/mol. The van der Waals surface area contributed by atoms with Crippen LogP contribution in [0.2, 0.25) is 0 Å². The van der Waals surface area contributed by atoms with Crippen LogP contribution in [0.15, 0.2) is 28.7 Å². The molecule has 0 spiro atoms. The zero-order valence-electron chi connectivity index (χ0n) is 10.2. The molecule has 96 valence electrons. The van der Waals surface area contributed by atoms with Crippen LogP contribution in [-0.4, -0.2) is 31.1 Å². The van der Waals surface area contributed by atoms with Gasteiger partial charge in [-0.25, -0.2) is 0 Å². The lowest BCUT2D eigenvalue weighted by Gasteiger charge is -2.32. The number of piperidine rings is 1. The Morgan fingerprint density at radius 3 is 3.00 bits per heavy atom. The number of hydrogen-bond acceptors (Lipinski definition) is 2. The Bertz CT molecular complexity index is 346. The second-order valence-electron chi connectivity index (χ2n) is 4.49. The maximum atomic E-state index is 3.52.